The van der Waals surface area contributed by atoms with Crippen LogP contribution >= 0.6 is 12.6 Å². The Kier molecular flexibility index (Phi) is 1.52. The summed E-state index contributed by atoms with van der Waals surface area (Å²) in [5, 5.41) is 8.68. The van der Waals surface area contributed by atoms with E-state index < -0.39 is 0 Å². The van der Waals surface area contributed by atoms with Crippen molar-refractivity contribution >= 4 is 23.7 Å². The van der Waals surface area contributed by atoms with Crippen LogP contribution in [-0.4, -0.2) is 9.97 Å². The highest BCUT2D eigenvalue weighted by molar-refractivity contribution is 7.80. The monoisotopic (exact) mass is 175 g/mol. The minimum atomic E-state index is 0.554. The first-order chi connectivity index (χ1) is 5.83. The number of aromatic nitrogens is 2. The molecule has 4 heteroatoms. The molecular weight excluding hydrogens is 170 g/mol. The Balaban J connectivity index is 2.89. The van der Waals surface area contributed by atoms with Crippen molar-refractivity contribution in [2.75, 3.05) is 0 Å². The van der Waals surface area contributed by atoms with Crippen LogP contribution in [0, 0.1) is 11.3 Å². The number of H-pyrrole nitrogens is 1. The third kappa shape index (κ3) is 0.874. The lowest BCUT2D eigenvalue weighted by molar-refractivity contribution is 1.33. The molecule has 3 nitrogen and oxygen atoms in total. The summed E-state index contributed by atoms with van der Waals surface area (Å²) >= 11 is 4.20. The second-order valence-corrected chi connectivity index (χ2v) is 2.82. The van der Waals surface area contributed by atoms with Gasteiger partial charge in [0.25, 0.3) is 0 Å². The van der Waals surface area contributed by atoms with Crippen LogP contribution in [0.4, 0.5) is 0 Å². The molecule has 0 aliphatic heterocycles. The van der Waals surface area contributed by atoms with Crippen molar-refractivity contribution in [3.05, 3.63) is 24.0 Å². The van der Waals surface area contributed by atoms with Gasteiger partial charge in [-0.2, -0.15) is 5.26 Å². The molecule has 0 atom stereocenters. The summed E-state index contributed by atoms with van der Waals surface area (Å²) in [4.78, 5) is 7.62. The zero-order valence-electron chi connectivity index (χ0n) is 6.07. The highest BCUT2D eigenvalue weighted by Crippen LogP contribution is 2.21. The second-order valence-electron chi connectivity index (χ2n) is 2.37. The Morgan fingerprint density at radius 3 is 3.08 bits per heavy atom. The quantitative estimate of drug-likeness (QED) is 0.599. The normalized spacial score (nSPS) is 10.0. The Morgan fingerprint density at radius 2 is 2.33 bits per heavy atom. The van der Waals surface area contributed by atoms with Gasteiger partial charge in [0.2, 0.25) is 0 Å². The van der Waals surface area contributed by atoms with Crippen molar-refractivity contribution < 1.29 is 0 Å². The van der Waals surface area contributed by atoms with Crippen molar-refractivity contribution in [3.63, 3.8) is 0 Å². The first kappa shape index (κ1) is 7.19. The molecular formula is C8H5N3S. The molecule has 2 aromatic rings. The van der Waals surface area contributed by atoms with E-state index >= 15 is 0 Å². The van der Waals surface area contributed by atoms with E-state index in [1.54, 1.807) is 12.4 Å². The lowest BCUT2D eigenvalue weighted by Gasteiger charge is -1.94. The Hall–Kier alpha value is -1.47. The molecule has 1 heterocycles. The SMILES string of the molecule is N#Cc1ccc2[nH]cnc2c1S. The minimum Gasteiger partial charge on any atom is -0.345 e. The van der Waals surface area contributed by atoms with Crippen LogP contribution in [0.1, 0.15) is 5.56 Å². The van der Waals surface area contributed by atoms with E-state index in [0.717, 1.165) is 11.0 Å². The summed E-state index contributed by atoms with van der Waals surface area (Å²) in [6, 6.07) is 5.59. The molecule has 0 saturated carbocycles. The van der Waals surface area contributed by atoms with Gasteiger partial charge in [0, 0.05) is 4.90 Å². The largest absolute Gasteiger partial charge is 0.345 e. The molecule has 0 unspecified atom stereocenters. The third-order valence-electron chi connectivity index (χ3n) is 1.69. The lowest BCUT2D eigenvalue weighted by atomic mass is 10.2. The molecule has 0 radical (unpaired) electrons. The summed E-state index contributed by atoms with van der Waals surface area (Å²) in [5.41, 5.74) is 2.20. The summed E-state index contributed by atoms with van der Waals surface area (Å²) < 4.78 is 0. The van der Waals surface area contributed by atoms with E-state index in [-0.39, 0.29) is 0 Å². The summed E-state index contributed by atoms with van der Waals surface area (Å²) in [7, 11) is 0. The van der Waals surface area contributed by atoms with Crippen LogP contribution in [0.15, 0.2) is 23.4 Å². The number of fused-ring (bicyclic) bond motifs is 1. The molecule has 0 aliphatic carbocycles. The number of nitrogens with zero attached hydrogens (tertiary/aromatic N) is 2. The molecule has 12 heavy (non-hydrogen) atoms. The number of hydrogen-bond acceptors (Lipinski definition) is 3. The van der Waals surface area contributed by atoms with Gasteiger partial charge < -0.3 is 4.98 Å². The fraction of sp³-hybridized carbons (Fsp3) is 0. The van der Waals surface area contributed by atoms with Gasteiger partial charge in [-0.3, -0.25) is 0 Å². The van der Waals surface area contributed by atoms with Crippen molar-refractivity contribution in [2.24, 2.45) is 0 Å². The highest BCUT2D eigenvalue weighted by Gasteiger charge is 2.04. The molecule has 0 saturated heterocycles. The fourth-order valence-corrected chi connectivity index (χ4v) is 1.39. The van der Waals surface area contributed by atoms with E-state index in [9.17, 15) is 0 Å². The maximum absolute atomic E-state index is 8.68. The molecule has 0 bridgehead atoms. The van der Waals surface area contributed by atoms with Gasteiger partial charge in [0.05, 0.1) is 17.4 Å². The highest BCUT2D eigenvalue weighted by atomic mass is 32.1. The lowest BCUT2D eigenvalue weighted by Crippen LogP contribution is -1.79. The average Bonchev–Trinajstić information content (AvgIpc) is 2.53. The van der Waals surface area contributed by atoms with Crippen molar-refractivity contribution in [3.8, 4) is 6.07 Å². The maximum atomic E-state index is 8.68. The minimum absolute atomic E-state index is 0.554. The number of thiol groups is 1. The van der Waals surface area contributed by atoms with Crippen molar-refractivity contribution in [1.82, 2.24) is 9.97 Å². The first-order valence-corrected chi connectivity index (χ1v) is 3.83. The molecule has 0 amide bonds. The molecule has 0 aliphatic rings. The Morgan fingerprint density at radius 1 is 1.50 bits per heavy atom. The topological polar surface area (TPSA) is 52.5 Å². The fourth-order valence-electron chi connectivity index (χ4n) is 1.08. The molecule has 0 fully saturated rings. The number of nitriles is 1. The summed E-state index contributed by atoms with van der Waals surface area (Å²) in [5.74, 6) is 0. The van der Waals surface area contributed by atoms with E-state index in [2.05, 4.69) is 22.6 Å². The van der Waals surface area contributed by atoms with Gasteiger partial charge in [-0.15, -0.1) is 12.6 Å². The van der Waals surface area contributed by atoms with Crippen LogP contribution in [0.25, 0.3) is 11.0 Å². The van der Waals surface area contributed by atoms with Gasteiger partial charge in [-0.25, -0.2) is 4.98 Å². The van der Waals surface area contributed by atoms with Crippen LogP contribution < -0.4 is 0 Å². The Labute approximate surface area is 74.5 Å². The van der Waals surface area contributed by atoms with Gasteiger partial charge in [0.1, 0.15) is 11.6 Å². The van der Waals surface area contributed by atoms with Crippen LogP contribution in [0.5, 0.6) is 0 Å². The summed E-state index contributed by atoms with van der Waals surface area (Å²) in [6.45, 7) is 0. The third-order valence-corrected chi connectivity index (χ3v) is 2.14. The summed E-state index contributed by atoms with van der Waals surface area (Å²) in [6.07, 6.45) is 1.59. The second kappa shape index (κ2) is 2.54. The standard InChI is InChI=1S/C8H5N3S/c9-3-5-1-2-6-7(8(5)12)11-4-10-6/h1-2,4,12H,(H,10,11). The van der Waals surface area contributed by atoms with E-state index in [4.69, 9.17) is 5.26 Å². The van der Waals surface area contributed by atoms with Gasteiger partial charge in [0.15, 0.2) is 0 Å². The zero-order valence-corrected chi connectivity index (χ0v) is 6.97. The molecule has 1 N–H and O–H groups in total. The molecule has 1 aromatic heterocycles. The number of hydrogen-bond donors (Lipinski definition) is 2. The van der Waals surface area contributed by atoms with Gasteiger partial charge in [-0.05, 0) is 12.1 Å². The number of rotatable bonds is 0. The smallest absolute Gasteiger partial charge is 0.103 e. The molecule has 58 valence electrons. The first-order valence-electron chi connectivity index (χ1n) is 3.38. The number of benzene rings is 1. The predicted octanol–water partition coefficient (Wildman–Crippen LogP) is 1.72. The maximum Gasteiger partial charge on any atom is 0.103 e. The molecule has 1 aromatic carbocycles. The van der Waals surface area contributed by atoms with E-state index in [0.29, 0.717) is 10.5 Å². The van der Waals surface area contributed by atoms with Gasteiger partial charge >= 0.3 is 0 Å². The predicted molar refractivity (Wildman–Crippen MR) is 48.1 cm³/mol. The van der Waals surface area contributed by atoms with Gasteiger partial charge in [-0.1, -0.05) is 0 Å². The zero-order chi connectivity index (χ0) is 8.55. The number of aromatic amines is 1. The number of imidazole rings is 1. The van der Waals surface area contributed by atoms with Crippen LogP contribution in [0.3, 0.4) is 0 Å². The van der Waals surface area contributed by atoms with Crippen molar-refractivity contribution in [1.29, 1.82) is 5.26 Å². The van der Waals surface area contributed by atoms with Crippen LogP contribution in [-0.2, 0) is 0 Å². The Bertz CT molecular complexity index is 467. The number of nitrogens with one attached hydrogen (secondary N) is 1. The van der Waals surface area contributed by atoms with Crippen molar-refractivity contribution in [2.45, 2.75) is 4.90 Å². The average molecular weight is 175 g/mol. The van der Waals surface area contributed by atoms with Crippen LogP contribution in [0.2, 0.25) is 0 Å². The molecule has 2 rings (SSSR count). The van der Waals surface area contributed by atoms with E-state index in [1.807, 2.05) is 12.1 Å². The van der Waals surface area contributed by atoms with E-state index in [1.165, 1.54) is 0 Å². The molecule has 0 spiro atoms.